The predicted octanol–water partition coefficient (Wildman–Crippen LogP) is 2.64. The fraction of sp³-hybridized carbons (Fsp3) is 0.312. The molecule has 7 heteroatoms. The van der Waals surface area contributed by atoms with Crippen molar-refractivity contribution in [2.75, 3.05) is 20.3 Å². The molecule has 0 bridgehead atoms. The van der Waals surface area contributed by atoms with Gasteiger partial charge < -0.3 is 14.0 Å². The van der Waals surface area contributed by atoms with Gasteiger partial charge in [0.2, 0.25) is 0 Å². The second-order valence-electron chi connectivity index (χ2n) is 5.39. The van der Waals surface area contributed by atoms with E-state index in [0.717, 1.165) is 30.0 Å². The molecule has 23 heavy (non-hydrogen) atoms. The molecule has 7 nitrogen and oxygen atoms in total. The molecule has 4 rings (SSSR count). The molecule has 1 aromatic carbocycles. The normalized spacial score (nSPS) is 17.5. The van der Waals surface area contributed by atoms with Crippen LogP contribution in [0.25, 0.3) is 22.8 Å². The van der Waals surface area contributed by atoms with E-state index in [0.29, 0.717) is 24.0 Å². The number of para-hydroxylation sites is 1. The minimum Gasteiger partial charge on any atom is -0.496 e. The molecule has 1 fully saturated rings. The van der Waals surface area contributed by atoms with Gasteiger partial charge in [-0.2, -0.15) is 10.1 Å². The first kappa shape index (κ1) is 14.0. The summed E-state index contributed by atoms with van der Waals surface area (Å²) in [5.41, 5.74) is 2.35. The lowest BCUT2D eigenvalue weighted by atomic mass is 10.1. The molecule has 2 aromatic heterocycles. The zero-order chi connectivity index (χ0) is 15.6. The molecule has 0 radical (unpaired) electrons. The Kier molecular flexibility index (Phi) is 3.55. The Morgan fingerprint density at radius 3 is 3.04 bits per heavy atom. The summed E-state index contributed by atoms with van der Waals surface area (Å²) in [7, 11) is 1.64. The Morgan fingerprint density at radius 2 is 2.22 bits per heavy atom. The number of ether oxygens (including phenoxy) is 2. The van der Waals surface area contributed by atoms with Gasteiger partial charge >= 0.3 is 0 Å². The van der Waals surface area contributed by atoms with Crippen LogP contribution in [0.1, 0.15) is 18.2 Å². The van der Waals surface area contributed by atoms with Gasteiger partial charge in [0.25, 0.3) is 5.89 Å². The molecular formula is C16H16N4O3. The van der Waals surface area contributed by atoms with Crippen LogP contribution in [0.4, 0.5) is 0 Å². The van der Waals surface area contributed by atoms with E-state index in [2.05, 4.69) is 20.3 Å². The highest BCUT2D eigenvalue weighted by molar-refractivity contribution is 5.70. The SMILES string of the molecule is COc1ccccc1-c1cc(-c2nc(C3CCOC3)no2)[nH]n1. The lowest BCUT2D eigenvalue weighted by molar-refractivity contribution is 0.192. The molecule has 118 valence electrons. The number of aromatic amines is 1. The highest BCUT2D eigenvalue weighted by atomic mass is 16.5. The number of aromatic nitrogens is 4. The van der Waals surface area contributed by atoms with Crippen molar-refractivity contribution in [3.63, 3.8) is 0 Å². The van der Waals surface area contributed by atoms with E-state index >= 15 is 0 Å². The van der Waals surface area contributed by atoms with Crippen molar-refractivity contribution in [3.05, 3.63) is 36.2 Å². The molecule has 0 aliphatic carbocycles. The third kappa shape index (κ3) is 2.59. The highest BCUT2D eigenvalue weighted by Gasteiger charge is 2.24. The van der Waals surface area contributed by atoms with Gasteiger partial charge in [-0.3, -0.25) is 5.10 Å². The van der Waals surface area contributed by atoms with Crippen LogP contribution < -0.4 is 4.74 Å². The zero-order valence-electron chi connectivity index (χ0n) is 12.7. The third-order valence-electron chi connectivity index (χ3n) is 3.93. The van der Waals surface area contributed by atoms with Crippen LogP contribution >= 0.6 is 0 Å². The van der Waals surface area contributed by atoms with Crippen LogP contribution in [0.5, 0.6) is 5.75 Å². The first-order valence-electron chi connectivity index (χ1n) is 7.45. The van der Waals surface area contributed by atoms with Gasteiger partial charge in [-0.05, 0) is 24.6 Å². The average molecular weight is 312 g/mol. The van der Waals surface area contributed by atoms with E-state index in [9.17, 15) is 0 Å². The maximum Gasteiger partial charge on any atom is 0.275 e. The Hall–Kier alpha value is -2.67. The van der Waals surface area contributed by atoms with Crippen molar-refractivity contribution in [1.82, 2.24) is 20.3 Å². The smallest absolute Gasteiger partial charge is 0.275 e. The quantitative estimate of drug-likeness (QED) is 0.797. The second-order valence-corrected chi connectivity index (χ2v) is 5.39. The molecule has 1 N–H and O–H groups in total. The number of rotatable bonds is 4. The van der Waals surface area contributed by atoms with Gasteiger partial charge in [0.1, 0.15) is 11.4 Å². The highest BCUT2D eigenvalue weighted by Crippen LogP contribution is 2.31. The summed E-state index contributed by atoms with van der Waals surface area (Å²) in [5, 5.41) is 11.3. The number of nitrogens with one attached hydrogen (secondary N) is 1. The number of hydrogen-bond acceptors (Lipinski definition) is 6. The topological polar surface area (TPSA) is 86.1 Å². The van der Waals surface area contributed by atoms with Crippen molar-refractivity contribution in [1.29, 1.82) is 0 Å². The summed E-state index contributed by atoms with van der Waals surface area (Å²) in [4.78, 5) is 4.45. The molecule has 3 heterocycles. The number of hydrogen-bond donors (Lipinski definition) is 1. The first-order chi connectivity index (χ1) is 11.3. The number of benzene rings is 1. The monoisotopic (exact) mass is 312 g/mol. The van der Waals surface area contributed by atoms with Crippen LogP contribution in [0.15, 0.2) is 34.9 Å². The van der Waals surface area contributed by atoms with Gasteiger partial charge in [0.15, 0.2) is 5.82 Å². The summed E-state index contributed by atoms with van der Waals surface area (Å²) in [6.45, 7) is 1.39. The van der Waals surface area contributed by atoms with E-state index in [1.165, 1.54) is 0 Å². The molecule has 1 unspecified atom stereocenters. The standard InChI is InChI=1S/C16H16N4O3/c1-21-14-5-3-2-4-11(14)12-8-13(19-18-12)16-17-15(20-23-16)10-6-7-22-9-10/h2-5,8,10H,6-7,9H2,1H3,(H,18,19). The summed E-state index contributed by atoms with van der Waals surface area (Å²) in [6, 6.07) is 9.59. The maximum absolute atomic E-state index is 5.37. The Labute approximate surface area is 132 Å². The van der Waals surface area contributed by atoms with E-state index < -0.39 is 0 Å². The first-order valence-corrected chi connectivity index (χ1v) is 7.45. The lowest BCUT2D eigenvalue weighted by Crippen LogP contribution is -1.99. The molecular weight excluding hydrogens is 296 g/mol. The minimum atomic E-state index is 0.212. The number of nitrogens with zero attached hydrogens (tertiary/aromatic N) is 3. The van der Waals surface area contributed by atoms with Crippen molar-refractivity contribution in [3.8, 4) is 28.6 Å². The minimum absolute atomic E-state index is 0.212. The molecule has 1 aliphatic heterocycles. The predicted molar refractivity (Wildman–Crippen MR) is 82.0 cm³/mol. The van der Waals surface area contributed by atoms with Gasteiger partial charge in [0, 0.05) is 18.1 Å². The average Bonchev–Trinajstić information content (AvgIpc) is 3.34. The van der Waals surface area contributed by atoms with Crippen LogP contribution in [-0.4, -0.2) is 40.7 Å². The van der Waals surface area contributed by atoms with E-state index in [1.54, 1.807) is 7.11 Å². The lowest BCUT2D eigenvalue weighted by Gasteiger charge is -2.04. The molecule has 0 amide bonds. The summed E-state index contributed by atoms with van der Waals surface area (Å²) < 4.78 is 16.1. The van der Waals surface area contributed by atoms with E-state index in [4.69, 9.17) is 14.0 Å². The van der Waals surface area contributed by atoms with Crippen LogP contribution in [-0.2, 0) is 4.74 Å². The van der Waals surface area contributed by atoms with Crippen molar-refractivity contribution < 1.29 is 14.0 Å². The van der Waals surface area contributed by atoms with Gasteiger partial charge in [0.05, 0.1) is 19.4 Å². The molecule has 0 spiro atoms. The zero-order valence-corrected chi connectivity index (χ0v) is 12.7. The number of H-pyrrole nitrogens is 1. The number of methoxy groups -OCH3 is 1. The van der Waals surface area contributed by atoms with Crippen LogP contribution in [0, 0.1) is 0 Å². The van der Waals surface area contributed by atoms with Crippen molar-refractivity contribution >= 4 is 0 Å². The third-order valence-corrected chi connectivity index (χ3v) is 3.93. The second kappa shape index (κ2) is 5.85. The van der Waals surface area contributed by atoms with E-state index in [-0.39, 0.29) is 5.92 Å². The summed E-state index contributed by atoms with van der Waals surface area (Å²) in [5.74, 6) is 2.09. The summed E-state index contributed by atoms with van der Waals surface area (Å²) in [6.07, 6.45) is 0.925. The van der Waals surface area contributed by atoms with Crippen molar-refractivity contribution in [2.24, 2.45) is 0 Å². The van der Waals surface area contributed by atoms with E-state index in [1.807, 2.05) is 30.3 Å². The Balaban J connectivity index is 1.63. The molecule has 1 saturated heterocycles. The van der Waals surface area contributed by atoms with Crippen LogP contribution in [0.2, 0.25) is 0 Å². The fourth-order valence-electron chi connectivity index (χ4n) is 2.67. The molecule has 1 aliphatic rings. The Bertz CT molecular complexity index is 805. The van der Waals surface area contributed by atoms with Crippen molar-refractivity contribution in [2.45, 2.75) is 12.3 Å². The summed E-state index contributed by atoms with van der Waals surface area (Å²) >= 11 is 0. The van der Waals surface area contributed by atoms with Gasteiger partial charge in [-0.25, -0.2) is 0 Å². The fourth-order valence-corrected chi connectivity index (χ4v) is 2.67. The Morgan fingerprint density at radius 1 is 1.30 bits per heavy atom. The van der Waals surface area contributed by atoms with Crippen LogP contribution in [0.3, 0.4) is 0 Å². The molecule has 3 aromatic rings. The van der Waals surface area contributed by atoms with Gasteiger partial charge in [-0.1, -0.05) is 17.3 Å². The molecule has 1 atom stereocenters. The molecule has 0 saturated carbocycles. The maximum atomic E-state index is 5.37. The largest absolute Gasteiger partial charge is 0.496 e. The van der Waals surface area contributed by atoms with Gasteiger partial charge in [-0.15, -0.1) is 0 Å².